The van der Waals surface area contributed by atoms with Gasteiger partial charge in [-0.3, -0.25) is 0 Å². The van der Waals surface area contributed by atoms with E-state index in [2.05, 4.69) is 515 Å². The van der Waals surface area contributed by atoms with E-state index in [0.717, 1.165) is 78.7 Å². The summed E-state index contributed by atoms with van der Waals surface area (Å²) in [5, 5.41) is 12.3. The number of hydrogen-bond acceptors (Lipinski definition) is 3. The molecule has 610 valence electrons. The summed E-state index contributed by atoms with van der Waals surface area (Å²) in [4.78, 5) is 4.74. The Morgan fingerprint density at radius 2 is 0.400 bits per heavy atom. The molecule has 0 saturated carbocycles. The summed E-state index contributed by atoms with van der Waals surface area (Å²) in [5.74, 6) is 0. The normalized spacial score (nSPS) is 11.5. The number of para-hydroxylation sites is 7. The second-order valence-corrected chi connectivity index (χ2v) is 33.5. The monoisotopic (exact) mass is 1660 g/mol. The molecule has 0 amide bonds. The third-order valence-electron chi connectivity index (χ3n) is 25.9. The Labute approximate surface area is 753 Å². The minimum Gasteiger partial charge on any atom is -0.456 e. The van der Waals surface area contributed by atoms with Gasteiger partial charge in [0.2, 0.25) is 0 Å². The number of rotatable bonds is 16. The molecule has 6 heteroatoms. The Bertz CT molecular complexity index is 8380. The highest BCUT2D eigenvalue weighted by molar-refractivity contribution is 6.12. The largest absolute Gasteiger partial charge is 0.456 e. The third kappa shape index (κ3) is 14.0. The third-order valence-corrected chi connectivity index (χ3v) is 25.9. The minimum atomic E-state index is 0.910. The van der Waals surface area contributed by atoms with Crippen LogP contribution in [0.3, 0.4) is 0 Å². The van der Waals surface area contributed by atoms with E-state index in [4.69, 9.17) is 4.42 Å². The van der Waals surface area contributed by atoms with E-state index in [-0.39, 0.29) is 0 Å². The smallest absolute Gasteiger partial charge is 0.135 e. The maximum absolute atomic E-state index is 6.10. The summed E-state index contributed by atoms with van der Waals surface area (Å²) >= 11 is 0. The summed E-state index contributed by atoms with van der Waals surface area (Å²) in [7, 11) is 0. The molecule has 0 aliphatic rings. The number of aromatic nitrogens is 3. The Morgan fingerprint density at radius 3 is 0.777 bits per heavy atom. The van der Waals surface area contributed by atoms with Gasteiger partial charge in [-0.1, -0.05) is 346 Å². The number of anilines is 6. The topological polar surface area (TPSA) is 34.4 Å². The van der Waals surface area contributed by atoms with Gasteiger partial charge in [-0.2, -0.15) is 0 Å². The molecular formula is C124H83N5O. The van der Waals surface area contributed by atoms with Crippen molar-refractivity contribution in [2.24, 2.45) is 0 Å². The van der Waals surface area contributed by atoms with Crippen molar-refractivity contribution in [1.29, 1.82) is 0 Å². The first kappa shape index (κ1) is 76.3. The lowest BCUT2D eigenvalue weighted by Gasteiger charge is -2.26. The molecule has 130 heavy (non-hydrogen) atoms. The van der Waals surface area contributed by atoms with Crippen molar-refractivity contribution in [3.05, 3.63) is 504 Å². The van der Waals surface area contributed by atoms with Gasteiger partial charge in [0.05, 0.1) is 33.1 Å². The summed E-state index contributed by atoms with van der Waals surface area (Å²) < 4.78 is 13.2. The van der Waals surface area contributed by atoms with E-state index in [9.17, 15) is 0 Å². The van der Waals surface area contributed by atoms with Crippen molar-refractivity contribution >= 4 is 132 Å². The highest BCUT2D eigenvalue weighted by Gasteiger charge is 2.22. The maximum Gasteiger partial charge on any atom is 0.135 e. The lowest BCUT2D eigenvalue weighted by atomic mass is 9.98. The van der Waals surface area contributed by atoms with Crippen LogP contribution in [0.1, 0.15) is 0 Å². The molecule has 6 nitrogen and oxygen atoms in total. The van der Waals surface area contributed by atoms with Crippen LogP contribution in [-0.2, 0) is 0 Å². The quantitative estimate of drug-likeness (QED) is 0.0967. The van der Waals surface area contributed by atoms with Crippen molar-refractivity contribution in [3.8, 4) is 95.0 Å². The van der Waals surface area contributed by atoms with Gasteiger partial charge in [0.25, 0.3) is 0 Å². The number of benzene rings is 21. The van der Waals surface area contributed by atoms with Crippen LogP contribution < -0.4 is 9.80 Å². The van der Waals surface area contributed by atoms with E-state index in [0.29, 0.717) is 0 Å². The zero-order chi connectivity index (χ0) is 86.0. The lowest BCUT2D eigenvalue weighted by Crippen LogP contribution is -2.10. The van der Waals surface area contributed by atoms with Gasteiger partial charge < -0.3 is 27.9 Å². The molecule has 0 aliphatic carbocycles. The predicted molar refractivity (Wildman–Crippen MR) is 548 cm³/mol. The second kappa shape index (κ2) is 32.7. The lowest BCUT2D eigenvalue weighted by molar-refractivity contribution is 0.669. The molecule has 4 heterocycles. The molecule has 0 fully saturated rings. The highest BCUT2D eigenvalue weighted by atomic mass is 16.3. The predicted octanol–water partition coefficient (Wildman–Crippen LogP) is 34.3. The molecular weight excluding hydrogens is 1580 g/mol. The van der Waals surface area contributed by atoms with Gasteiger partial charge in [-0.05, 0) is 246 Å². The number of fused-ring (bicyclic) bond motifs is 13. The number of hydrogen-bond donors (Lipinski definition) is 0. The Morgan fingerprint density at radius 1 is 0.138 bits per heavy atom. The molecule has 0 N–H and O–H groups in total. The van der Waals surface area contributed by atoms with Crippen LogP contribution in [0, 0.1) is 0 Å². The van der Waals surface area contributed by atoms with Crippen LogP contribution >= 0.6 is 0 Å². The Kier molecular flexibility index (Phi) is 19.2. The van der Waals surface area contributed by atoms with Gasteiger partial charge in [-0.15, -0.1) is 0 Å². The van der Waals surface area contributed by atoms with E-state index in [1.807, 2.05) is 12.1 Å². The number of nitrogens with zero attached hydrogens (tertiary/aromatic N) is 5. The molecule has 25 rings (SSSR count). The van der Waals surface area contributed by atoms with Gasteiger partial charge in [0.1, 0.15) is 11.2 Å². The fourth-order valence-corrected chi connectivity index (χ4v) is 19.5. The minimum absolute atomic E-state index is 0.910. The Balaban J connectivity index is 0.000000144. The molecule has 0 spiro atoms. The Hall–Kier alpha value is -17.3. The van der Waals surface area contributed by atoms with E-state index >= 15 is 0 Å². The standard InChI is InChI=1S/C64H42N2O.C60H41N3/c1-2-11-50-40-51(29-28-43(50)10-1)48-24-20-44(21-25-48)46-30-35-53(36-31-46)65(55-12-9-13-56(42-55)66-61-17-6-3-14-57(61)58-15-4-7-18-62(58)66)54-37-32-47(33-38-54)45-22-26-49(27-23-45)52-34-39-64-60(41-52)59-16-5-8-19-63(59)67-64;1-2-13-42(14-3-1)43-25-27-44(28-26-43)45-29-35-48(36-30-45)61(51-15-12-16-52(41-51)63-59-23-10-6-19-55(59)56-20-7-11-24-60(56)63)49-37-31-46(32-38-49)47-33-39-50(40-34-47)62-57-21-8-4-17-53(57)54-18-5-9-22-58(54)62/h1-42H;1-41H. The molecule has 0 saturated heterocycles. The SMILES string of the molecule is c1cc(N(c2ccc(-c3ccc(-c4ccc5ccccc5c4)cc3)cc2)c2ccc(-c3ccc(-c4ccc5oc6ccccc6c5c4)cc3)cc2)cc(-n2c3ccccc3c3ccccc32)c1.c1ccc(-c2ccc(-c3ccc(N(c4ccc(-c5ccc(-n6c7ccccc7c7ccccc76)cc5)cc4)c4cccc(-n5c6ccccc6c6ccccc65)c4)cc3)cc2)cc1. The van der Waals surface area contributed by atoms with Gasteiger partial charge in [0.15, 0.2) is 0 Å². The summed E-state index contributed by atoms with van der Waals surface area (Å²) in [6.07, 6.45) is 0. The van der Waals surface area contributed by atoms with Crippen LogP contribution in [0.5, 0.6) is 0 Å². The van der Waals surface area contributed by atoms with Gasteiger partial charge in [0, 0.05) is 94.3 Å². The van der Waals surface area contributed by atoms with Crippen LogP contribution in [-0.4, -0.2) is 13.7 Å². The fourth-order valence-electron chi connectivity index (χ4n) is 19.5. The number of furan rings is 1. The van der Waals surface area contributed by atoms with Crippen molar-refractivity contribution in [2.45, 2.75) is 0 Å². The zero-order valence-corrected chi connectivity index (χ0v) is 71.1. The second-order valence-electron chi connectivity index (χ2n) is 33.5. The first-order valence-electron chi connectivity index (χ1n) is 44.5. The van der Waals surface area contributed by atoms with Crippen LogP contribution in [0.25, 0.3) is 193 Å². The molecule has 0 atom stereocenters. The van der Waals surface area contributed by atoms with E-state index in [1.54, 1.807) is 0 Å². The molecule has 0 aliphatic heterocycles. The van der Waals surface area contributed by atoms with Gasteiger partial charge >= 0.3 is 0 Å². The molecule has 0 unspecified atom stereocenters. The highest BCUT2D eigenvalue weighted by Crippen LogP contribution is 2.45. The summed E-state index contributed by atoms with van der Waals surface area (Å²) in [6, 6.07) is 182. The van der Waals surface area contributed by atoms with Crippen LogP contribution in [0.15, 0.2) is 508 Å². The fraction of sp³-hybridized carbons (Fsp3) is 0. The average molecular weight is 1660 g/mol. The van der Waals surface area contributed by atoms with Crippen molar-refractivity contribution in [1.82, 2.24) is 13.7 Å². The van der Waals surface area contributed by atoms with Crippen molar-refractivity contribution in [3.63, 3.8) is 0 Å². The van der Waals surface area contributed by atoms with Gasteiger partial charge in [-0.25, -0.2) is 0 Å². The molecule has 21 aromatic carbocycles. The van der Waals surface area contributed by atoms with Crippen molar-refractivity contribution < 1.29 is 4.42 Å². The molecule has 25 aromatic rings. The maximum atomic E-state index is 6.10. The first-order chi connectivity index (χ1) is 64.4. The van der Waals surface area contributed by atoms with E-state index in [1.165, 1.54) is 149 Å². The zero-order valence-electron chi connectivity index (χ0n) is 71.1. The summed E-state index contributed by atoms with van der Waals surface area (Å²) in [6.45, 7) is 0. The first-order valence-corrected chi connectivity index (χ1v) is 44.5. The summed E-state index contributed by atoms with van der Waals surface area (Å²) in [5.41, 5.74) is 35.5. The molecule has 0 bridgehead atoms. The van der Waals surface area contributed by atoms with E-state index < -0.39 is 0 Å². The average Bonchev–Trinajstić information content (AvgIpc) is 1.60. The van der Waals surface area contributed by atoms with Crippen LogP contribution in [0.4, 0.5) is 34.1 Å². The van der Waals surface area contributed by atoms with Crippen molar-refractivity contribution in [2.75, 3.05) is 9.80 Å². The molecule has 4 aromatic heterocycles. The molecule has 0 radical (unpaired) electrons. The van der Waals surface area contributed by atoms with Crippen LogP contribution in [0.2, 0.25) is 0 Å².